The van der Waals surface area contributed by atoms with Crippen LogP contribution in [0, 0.1) is 12.3 Å². The number of amides is 2. The predicted octanol–water partition coefficient (Wildman–Crippen LogP) is 2.37. The second kappa shape index (κ2) is 9.77. The van der Waals surface area contributed by atoms with E-state index >= 15 is 0 Å². The van der Waals surface area contributed by atoms with Gasteiger partial charge in [0.2, 0.25) is 0 Å². The molecule has 0 saturated carbocycles. The summed E-state index contributed by atoms with van der Waals surface area (Å²) in [5, 5.41) is 26.9. The molecule has 2 amide bonds. The highest BCUT2D eigenvalue weighted by Gasteiger charge is 2.28. The van der Waals surface area contributed by atoms with E-state index in [1.165, 1.54) is 16.8 Å². The molecule has 6 N–H and O–H groups in total. The summed E-state index contributed by atoms with van der Waals surface area (Å²) in [4.78, 5) is 42.1. The van der Waals surface area contributed by atoms with Crippen molar-refractivity contribution in [2.45, 2.75) is 32.4 Å². The highest BCUT2D eigenvalue weighted by molar-refractivity contribution is 5.98. The third-order valence-electron chi connectivity index (χ3n) is 6.77. The van der Waals surface area contributed by atoms with E-state index in [-0.39, 0.29) is 35.4 Å². The van der Waals surface area contributed by atoms with E-state index in [0.29, 0.717) is 29.6 Å². The Balaban J connectivity index is 1.35. The summed E-state index contributed by atoms with van der Waals surface area (Å²) in [6, 6.07) is 13.0. The fourth-order valence-electron chi connectivity index (χ4n) is 4.76. The van der Waals surface area contributed by atoms with Crippen LogP contribution < -0.4 is 16.4 Å². The number of amidine groups is 1. The molecular formula is C27H25N7O4. The molecule has 2 aromatic carbocycles. The molecule has 4 aromatic rings. The topological polar surface area (TPSA) is 176 Å². The molecule has 5 rings (SSSR count). The average molecular weight is 512 g/mol. The van der Waals surface area contributed by atoms with Crippen LogP contribution >= 0.6 is 0 Å². The molecule has 0 fully saturated rings. The number of carboxylic acids is 1. The zero-order valence-electron chi connectivity index (χ0n) is 20.5. The van der Waals surface area contributed by atoms with Gasteiger partial charge >= 0.3 is 5.97 Å². The van der Waals surface area contributed by atoms with E-state index in [1.54, 1.807) is 49.4 Å². The zero-order chi connectivity index (χ0) is 27.0. The Morgan fingerprint density at radius 3 is 2.61 bits per heavy atom. The Kier molecular flexibility index (Phi) is 6.33. The number of aromatic carboxylic acids is 1. The molecule has 0 saturated heterocycles. The van der Waals surface area contributed by atoms with Crippen LogP contribution in [-0.4, -0.2) is 43.3 Å². The van der Waals surface area contributed by atoms with Gasteiger partial charge in [-0.1, -0.05) is 30.3 Å². The lowest BCUT2D eigenvalue weighted by molar-refractivity contribution is 0.0695. The molecule has 11 heteroatoms. The van der Waals surface area contributed by atoms with Gasteiger partial charge in [0.05, 0.1) is 17.8 Å². The van der Waals surface area contributed by atoms with E-state index in [1.807, 2.05) is 0 Å². The maximum atomic E-state index is 13.4. The number of nitrogens with zero attached hydrogens (tertiary/aromatic N) is 3. The number of fused-ring (bicyclic) bond motifs is 2. The second-order valence-electron chi connectivity index (χ2n) is 9.10. The van der Waals surface area contributed by atoms with E-state index < -0.39 is 17.8 Å². The minimum absolute atomic E-state index is 0.0362. The Labute approximate surface area is 217 Å². The standard InChI is InChI=1S/C27H25N7O4/c1-14-17-8-9-20(19(17)7-6-18(14)27(37)38)33-26(36)22-12-21(32-23-10-11-31-34(22)23)25(35)30-13-15-2-4-16(5-3-15)24(28)29/h2-7,10-12,20H,8-9,13H2,1H3,(H3,28,29)(H,30,35)(H,33,36)(H,37,38)/t20-/m0/s1. The Hall–Kier alpha value is -5.06. The predicted molar refractivity (Wildman–Crippen MR) is 138 cm³/mol. The first-order chi connectivity index (χ1) is 18.2. The van der Waals surface area contributed by atoms with Gasteiger partial charge in [-0.3, -0.25) is 15.0 Å². The highest BCUT2D eigenvalue weighted by atomic mass is 16.4. The molecule has 1 aliphatic carbocycles. The molecule has 2 aromatic heterocycles. The molecule has 0 radical (unpaired) electrons. The summed E-state index contributed by atoms with van der Waals surface area (Å²) in [5.74, 6) is -1.89. The van der Waals surface area contributed by atoms with Crippen molar-refractivity contribution in [3.63, 3.8) is 0 Å². The lowest BCUT2D eigenvalue weighted by Crippen LogP contribution is -2.30. The molecule has 1 atom stereocenters. The fraction of sp³-hybridized carbons (Fsp3) is 0.185. The lowest BCUT2D eigenvalue weighted by atomic mass is 9.98. The third-order valence-corrected chi connectivity index (χ3v) is 6.77. The van der Waals surface area contributed by atoms with Gasteiger partial charge in [0.15, 0.2) is 5.65 Å². The van der Waals surface area contributed by atoms with Crippen LogP contribution in [0.3, 0.4) is 0 Å². The number of carboxylic acid groups (broad SMARTS) is 1. The Bertz CT molecular complexity index is 1610. The summed E-state index contributed by atoms with van der Waals surface area (Å²) in [7, 11) is 0. The van der Waals surface area contributed by atoms with Gasteiger partial charge in [0, 0.05) is 24.2 Å². The van der Waals surface area contributed by atoms with Gasteiger partial charge in [-0.15, -0.1) is 0 Å². The number of carbonyl (C=O) groups is 3. The first-order valence-corrected chi connectivity index (χ1v) is 12.0. The van der Waals surface area contributed by atoms with Crippen LogP contribution in [0.25, 0.3) is 5.65 Å². The number of hydrogen-bond donors (Lipinski definition) is 5. The summed E-state index contributed by atoms with van der Waals surface area (Å²) in [6.07, 6.45) is 2.79. The maximum absolute atomic E-state index is 13.4. The van der Waals surface area contributed by atoms with Crippen molar-refractivity contribution in [1.82, 2.24) is 25.2 Å². The second-order valence-corrected chi connectivity index (χ2v) is 9.10. The number of nitrogen functional groups attached to an aromatic ring is 1. The monoisotopic (exact) mass is 511 g/mol. The summed E-state index contributed by atoms with van der Waals surface area (Å²) < 4.78 is 1.38. The molecular weight excluding hydrogens is 486 g/mol. The summed E-state index contributed by atoms with van der Waals surface area (Å²) >= 11 is 0. The van der Waals surface area contributed by atoms with Crippen molar-refractivity contribution in [3.05, 3.63) is 99.5 Å². The van der Waals surface area contributed by atoms with Crippen molar-refractivity contribution in [2.75, 3.05) is 0 Å². The maximum Gasteiger partial charge on any atom is 0.335 e. The SMILES string of the molecule is Cc1c(C(=O)O)ccc2c1CC[C@@H]2NC(=O)c1cc(C(=O)NCc2ccc(C(=N)N)cc2)nc2ccnn12. The first-order valence-electron chi connectivity index (χ1n) is 12.0. The molecule has 0 spiro atoms. The first kappa shape index (κ1) is 24.6. The normalized spacial score (nSPS) is 14.2. The van der Waals surface area contributed by atoms with Crippen molar-refractivity contribution in [3.8, 4) is 0 Å². The molecule has 0 bridgehead atoms. The van der Waals surface area contributed by atoms with Crippen LogP contribution in [0.2, 0.25) is 0 Å². The number of hydrogen-bond acceptors (Lipinski definition) is 6. The number of carbonyl (C=O) groups excluding carboxylic acids is 2. The van der Waals surface area contributed by atoms with Crippen molar-refractivity contribution in [1.29, 1.82) is 5.41 Å². The van der Waals surface area contributed by atoms with E-state index in [0.717, 1.165) is 16.7 Å². The minimum Gasteiger partial charge on any atom is -0.478 e. The highest BCUT2D eigenvalue weighted by Crippen LogP contribution is 2.35. The molecule has 1 aliphatic rings. The van der Waals surface area contributed by atoms with Crippen LogP contribution in [0.1, 0.15) is 71.6 Å². The largest absolute Gasteiger partial charge is 0.478 e. The summed E-state index contributed by atoms with van der Waals surface area (Å²) in [5.41, 5.74) is 10.2. The van der Waals surface area contributed by atoms with Crippen molar-refractivity contribution in [2.24, 2.45) is 5.73 Å². The molecule has 11 nitrogen and oxygen atoms in total. The lowest BCUT2D eigenvalue weighted by Gasteiger charge is -2.16. The fourth-order valence-corrected chi connectivity index (χ4v) is 4.76. The van der Waals surface area contributed by atoms with E-state index in [9.17, 15) is 19.5 Å². The van der Waals surface area contributed by atoms with Crippen LogP contribution in [0.4, 0.5) is 0 Å². The van der Waals surface area contributed by atoms with Crippen LogP contribution in [-0.2, 0) is 13.0 Å². The van der Waals surface area contributed by atoms with Crippen LogP contribution in [0.5, 0.6) is 0 Å². The smallest absolute Gasteiger partial charge is 0.335 e. The van der Waals surface area contributed by atoms with Crippen molar-refractivity contribution < 1.29 is 19.5 Å². The van der Waals surface area contributed by atoms with Gasteiger partial charge in [-0.2, -0.15) is 5.10 Å². The van der Waals surface area contributed by atoms with Gasteiger partial charge in [-0.25, -0.2) is 14.3 Å². The van der Waals surface area contributed by atoms with Gasteiger partial charge in [0.25, 0.3) is 11.8 Å². The van der Waals surface area contributed by atoms with Crippen molar-refractivity contribution >= 4 is 29.3 Å². The number of nitrogens with two attached hydrogens (primary N) is 1. The van der Waals surface area contributed by atoms with E-state index in [4.69, 9.17) is 11.1 Å². The molecule has 0 unspecified atom stereocenters. The number of benzene rings is 2. The van der Waals surface area contributed by atoms with Crippen LogP contribution in [0.15, 0.2) is 54.7 Å². The van der Waals surface area contributed by atoms with Gasteiger partial charge < -0.3 is 21.5 Å². The summed E-state index contributed by atoms with van der Waals surface area (Å²) in [6.45, 7) is 2.01. The molecule has 0 aliphatic heterocycles. The molecule has 192 valence electrons. The quantitative estimate of drug-likeness (QED) is 0.187. The average Bonchev–Trinajstić information content (AvgIpc) is 3.54. The van der Waals surface area contributed by atoms with E-state index in [2.05, 4.69) is 20.7 Å². The van der Waals surface area contributed by atoms with Gasteiger partial charge in [0.1, 0.15) is 17.2 Å². The third kappa shape index (κ3) is 4.57. The Morgan fingerprint density at radius 1 is 1.13 bits per heavy atom. The number of aromatic nitrogens is 3. The molecule has 38 heavy (non-hydrogen) atoms. The number of nitrogens with one attached hydrogen (secondary N) is 3. The van der Waals surface area contributed by atoms with Gasteiger partial charge in [-0.05, 0) is 48.1 Å². The zero-order valence-corrected chi connectivity index (χ0v) is 20.5. The minimum atomic E-state index is -0.977. The molecule has 2 heterocycles. The Morgan fingerprint density at radius 2 is 1.89 bits per heavy atom. The number of rotatable bonds is 7.